The molecule has 1 heterocycles. The van der Waals surface area contributed by atoms with Gasteiger partial charge in [0.1, 0.15) is 11.5 Å². The highest BCUT2D eigenvalue weighted by molar-refractivity contribution is 5.21. The van der Waals surface area contributed by atoms with E-state index >= 15 is 0 Å². The van der Waals surface area contributed by atoms with E-state index in [2.05, 4.69) is 37.2 Å². The number of hydrogen-bond donors (Lipinski definition) is 1. The molecule has 0 saturated heterocycles. The largest absolute Gasteiger partial charge is 0.465 e. The van der Waals surface area contributed by atoms with E-state index < -0.39 is 0 Å². The summed E-state index contributed by atoms with van der Waals surface area (Å²) in [6, 6.07) is 2.99. The molecule has 19 heavy (non-hydrogen) atoms. The van der Waals surface area contributed by atoms with Gasteiger partial charge in [-0.05, 0) is 51.1 Å². The molecule has 3 rings (SSSR count). The van der Waals surface area contributed by atoms with Gasteiger partial charge in [-0.15, -0.1) is 0 Å². The van der Waals surface area contributed by atoms with E-state index in [1.165, 1.54) is 31.4 Å². The van der Waals surface area contributed by atoms with E-state index in [1.54, 1.807) is 0 Å². The van der Waals surface area contributed by atoms with Gasteiger partial charge < -0.3 is 9.73 Å². The van der Waals surface area contributed by atoms with Gasteiger partial charge in [-0.1, -0.05) is 6.92 Å². The second-order valence-electron chi connectivity index (χ2n) is 6.62. The van der Waals surface area contributed by atoms with Crippen molar-refractivity contribution in [2.45, 2.75) is 52.2 Å². The van der Waals surface area contributed by atoms with Crippen LogP contribution in [0.5, 0.6) is 0 Å². The van der Waals surface area contributed by atoms with E-state index in [0.717, 1.165) is 42.5 Å². The number of hydrogen-bond acceptors (Lipinski definition) is 3. The van der Waals surface area contributed by atoms with E-state index in [1.807, 2.05) is 0 Å². The Morgan fingerprint density at radius 2 is 2.16 bits per heavy atom. The van der Waals surface area contributed by atoms with Crippen LogP contribution in [0.3, 0.4) is 0 Å². The summed E-state index contributed by atoms with van der Waals surface area (Å²) >= 11 is 0. The Morgan fingerprint density at radius 3 is 2.79 bits per heavy atom. The summed E-state index contributed by atoms with van der Waals surface area (Å²) in [5, 5.41) is 3.55. The van der Waals surface area contributed by atoms with Crippen LogP contribution in [0.2, 0.25) is 0 Å². The highest BCUT2D eigenvalue weighted by Gasteiger charge is 2.33. The predicted molar refractivity (Wildman–Crippen MR) is 76.9 cm³/mol. The minimum atomic E-state index is 0.761. The third-order valence-electron chi connectivity index (χ3n) is 4.48. The molecule has 3 heteroatoms. The lowest BCUT2D eigenvalue weighted by Gasteiger charge is -2.14. The number of rotatable bonds is 7. The Hall–Kier alpha value is -0.800. The number of nitrogens with one attached hydrogen (secondary N) is 1. The number of aryl methyl sites for hydroxylation is 1. The molecule has 2 saturated carbocycles. The Labute approximate surface area is 116 Å². The quantitative estimate of drug-likeness (QED) is 0.819. The van der Waals surface area contributed by atoms with Crippen LogP contribution in [-0.2, 0) is 13.1 Å². The average Bonchev–Trinajstić information content (AvgIpc) is 3.24. The molecule has 1 aromatic rings. The van der Waals surface area contributed by atoms with E-state index in [0.29, 0.717) is 0 Å². The van der Waals surface area contributed by atoms with Gasteiger partial charge in [0.25, 0.3) is 0 Å². The van der Waals surface area contributed by atoms with Crippen LogP contribution in [0.15, 0.2) is 10.5 Å². The van der Waals surface area contributed by atoms with Crippen LogP contribution in [0, 0.1) is 18.8 Å². The summed E-state index contributed by atoms with van der Waals surface area (Å²) in [7, 11) is 2.20. The van der Waals surface area contributed by atoms with Crippen molar-refractivity contribution in [3.8, 4) is 0 Å². The van der Waals surface area contributed by atoms with Crippen LogP contribution >= 0.6 is 0 Å². The molecule has 106 valence electrons. The lowest BCUT2D eigenvalue weighted by molar-refractivity contribution is 0.278. The van der Waals surface area contributed by atoms with Gasteiger partial charge in [0, 0.05) is 24.7 Å². The predicted octanol–water partition coefficient (Wildman–Crippen LogP) is 2.93. The smallest absolute Gasteiger partial charge is 0.118 e. The second kappa shape index (κ2) is 5.29. The minimum absolute atomic E-state index is 0.761. The van der Waals surface area contributed by atoms with Crippen molar-refractivity contribution in [1.29, 1.82) is 0 Å². The molecule has 2 fully saturated rings. The number of furan rings is 1. The summed E-state index contributed by atoms with van der Waals surface area (Å²) in [5.41, 5.74) is 1.33. The molecular weight excluding hydrogens is 236 g/mol. The van der Waals surface area contributed by atoms with Gasteiger partial charge in [0.05, 0.1) is 6.54 Å². The fourth-order valence-electron chi connectivity index (χ4n) is 2.77. The van der Waals surface area contributed by atoms with Crippen LogP contribution in [-0.4, -0.2) is 24.5 Å². The Morgan fingerprint density at radius 1 is 1.42 bits per heavy atom. The van der Waals surface area contributed by atoms with Crippen molar-refractivity contribution in [2.75, 3.05) is 13.6 Å². The molecule has 2 unspecified atom stereocenters. The summed E-state index contributed by atoms with van der Waals surface area (Å²) in [4.78, 5) is 2.39. The molecular formula is C16H26N2O. The normalized spacial score (nSPS) is 26.1. The van der Waals surface area contributed by atoms with E-state index in [-0.39, 0.29) is 0 Å². The summed E-state index contributed by atoms with van der Waals surface area (Å²) < 4.78 is 5.89. The second-order valence-corrected chi connectivity index (χ2v) is 6.62. The van der Waals surface area contributed by atoms with Gasteiger partial charge in [-0.3, -0.25) is 4.90 Å². The van der Waals surface area contributed by atoms with Gasteiger partial charge >= 0.3 is 0 Å². The molecule has 0 bridgehead atoms. The van der Waals surface area contributed by atoms with Gasteiger partial charge in [0.15, 0.2) is 0 Å². The molecule has 0 spiro atoms. The van der Waals surface area contributed by atoms with E-state index in [9.17, 15) is 0 Å². The Balaban J connectivity index is 1.50. The monoisotopic (exact) mass is 262 g/mol. The summed E-state index contributed by atoms with van der Waals surface area (Å²) in [6.07, 6.45) is 4.08. The van der Waals surface area contributed by atoms with Gasteiger partial charge in [0.2, 0.25) is 0 Å². The molecule has 1 aromatic heterocycles. The molecule has 0 radical (unpaired) electrons. The first-order chi connectivity index (χ1) is 9.11. The average molecular weight is 262 g/mol. The molecule has 3 nitrogen and oxygen atoms in total. The molecule has 1 N–H and O–H groups in total. The maximum Gasteiger partial charge on any atom is 0.118 e. The molecule has 0 amide bonds. The zero-order chi connectivity index (χ0) is 13.4. The highest BCUT2D eigenvalue weighted by atomic mass is 16.3. The lowest BCUT2D eigenvalue weighted by atomic mass is 10.2. The fourth-order valence-corrected chi connectivity index (χ4v) is 2.77. The highest BCUT2D eigenvalue weighted by Crippen LogP contribution is 2.38. The van der Waals surface area contributed by atoms with Crippen LogP contribution < -0.4 is 5.32 Å². The molecule has 2 atom stereocenters. The van der Waals surface area contributed by atoms with Crippen molar-refractivity contribution >= 4 is 0 Å². The Bertz CT molecular complexity index is 436. The van der Waals surface area contributed by atoms with E-state index in [4.69, 9.17) is 4.42 Å². The summed E-state index contributed by atoms with van der Waals surface area (Å²) in [6.45, 7) is 7.53. The first kappa shape index (κ1) is 13.2. The van der Waals surface area contributed by atoms with Gasteiger partial charge in [-0.25, -0.2) is 0 Å². The first-order valence-electron chi connectivity index (χ1n) is 7.62. The SMILES string of the molecule is Cc1oc(CN(C)CC2CC2C)cc1CNC1CC1. The maximum absolute atomic E-state index is 5.89. The third-order valence-corrected chi connectivity index (χ3v) is 4.48. The third kappa shape index (κ3) is 3.61. The van der Waals surface area contributed by atoms with Crippen molar-refractivity contribution in [3.63, 3.8) is 0 Å². The number of nitrogens with zero attached hydrogens (tertiary/aromatic N) is 1. The van der Waals surface area contributed by atoms with Gasteiger partial charge in [-0.2, -0.15) is 0 Å². The van der Waals surface area contributed by atoms with Crippen LogP contribution in [0.4, 0.5) is 0 Å². The zero-order valence-electron chi connectivity index (χ0n) is 12.4. The minimum Gasteiger partial charge on any atom is -0.465 e. The standard InChI is InChI=1S/C16H26N2O/c1-11-6-14(11)9-18(3)10-16-7-13(12(2)19-16)8-17-15-4-5-15/h7,11,14-15,17H,4-6,8-10H2,1-3H3. The lowest BCUT2D eigenvalue weighted by Crippen LogP contribution is -2.20. The van der Waals surface area contributed by atoms with Crippen molar-refractivity contribution in [3.05, 3.63) is 23.2 Å². The molecule has 2 aliphatic rings. The molecule has 0 aliphatic heterocycles. The fraction of sp³-hybridized carbons (Fsp3) is 0.750. The Kier molecular flexibility index (Phi) is 3.68. The van der Waals surface area contributed by atoms with Crippen molar-refractivity contribution in [2.24, 2.45) is 11.8 Å². The zero-order valence-corrected chi connectivity index (χ0v) is 12.4. The van der Waals surface area contributed by atoms with Crippen LogP contribution in [0.25, 0.3) is 0 Å². The van der Waals surface area contributed by atoms with Crippen molar-refractivity contribution < 1.29 is 4.42 Å². The molecule has 0 aromatic carbocycles. The van der Waals surface area contributed by atoms with Crippen molar-refractivity contribution in [1.82, 2.24) is 10.2 Å². The van der Waals surface area contributed by atoms with Crippen LogP contribution in [0.1, 0.15) is 43.3 Å². The summed E-state index contributed by atoms with van der Waals surface area (Å²) in [5.74, 6) is 4.04. The maximum atomic E-state index is 5.89. The first-order valence-corrected chi connectivity index (χ1v) is 7.62. The molecule has 2 aliphatic carbocycles. The topological polar surface area (TPSA) is 28.4 Å².